The molecule has 2 aromatic carbocycles. The van der Waals surface area contributed by atoms with E-state index in [1.165, 1.54) is 12.1 Å². The van der Waals surface area contributed by atoms with E-state index in [0.717, 1.165) is 30.6 Å². The predicted octanol–water partition coefficient (Wildman–Crippen LogP) is 10.8. The number of hydrogen-bond donors (Lipinski definition) is 1. The predicted molar refractivity (Wildman–Crippen MR) is 203 cm³/mol. The van der Waals surface area contributed by atoms with E-state index in [-0.39, 0.29) is 29.3 Å². The summed E-state index contributed by atoms with van der Waals surface area (Å²) >= 11 is 0. The van der Waals surface area contributed by atoms with Crippen LogP contribution in [0.1, 0.15) is 58.1 Å². The molecule has 1 heterocycles. The molecular weight excluding hydrogens is 684 g/mol. The van der Waals surface area contributed by atoms with Crippen LogP contribution >= 0.6 is 8.81 Å². The van der Waals surface area contributed by atoms with Crippen molar-refractivity contribution in [3.8, 4) is 16.9 Å². The van der Waals surface area contributed by atoms with E-state index >= 15 is 0 Å². The lowest BCUT2D eigenvalue weighted by molar-refractivity contribution is -0.137. The summed E-state index contributed by atoms with van der Waals surface area (Å²) in [6.45, 7) is 16.5. The van der Waals surface area contributed by atoms with Crippen molar-refractivity contribution in [3.05, 3.63) is 114 Å². The average Bonchev–Trinajstić information content (AvgIpc) is 3.48. The van der Waals surface area contributed by atoms with Gasteiger partial charge >= 0.3 is 6.18 Å². The van der Waals surface area contributed by atoms with E-state index < -0.39 is 17.6 Å². The minimum atomic E-state index is -4.53. The molecular formula is C39H51F5N3O3P. The topological polar surface area (TPSA) is 66.7 Å². The number of rotatable bonds is 17. The van der Waals surface area contributed by atoms with Crippen molar-refractivity contribution in [1.29, 1.82) is 0 Å². The van der Waals surface area contributed by atoms with Gasteiger partial charge in [0.1, 0.15) is 11.6 Å². The molecule has 0 saturated heterocycles. The van der Waals surface area contributed by atoms with Crippen molar-refractivity contribution in [3.63, 3.8) is 0 Å². The number of amidine groups is 1. The first kappa shape index (κ1) is 45.1. The number of ether oxygens (including phenoxy) is 1. The molecule has 3 rings (SSSR count). The van der Waals surface area contributed by atoms with Gasteiger partial charge in [-0.3, -0.25) is 4.39 Å². The van der Waals surface area contributed by atoms with Crippen LogP contribution in [0.15, 0.2) is 113 Å². The minimum Gasteiger partial charge on any atom is -0.494 e. The third-order valence-electron chi connectivity index (χ3n) is 7.13. The third-order valence-corrected chi connectivity index (χ3v) is 8.18. The normalized spacial score (nSPS) is 13.6. The van der Waals surface area contributed by atoms with E-state index in [9.17, 15) is 22.0 Å². The number of unbranched alkanes of at least 4 members (excludes halogenated alkanes) is 1. The maximum atomic E-state index is 14.7. The molecule has 2 aromatic rings. The summed E-state index contributed by atoms with van der Waals surface area (Å²) in [5.74, 6) is 0.0269. The minimum absolute atomic E-state index is 0.104. The summed E-state index contributed by atoms with van der Waals surface area (Å²) in [4.78, 5) is 10.7. The summed E-state index contributed by atoms with van der Waals surface area (Å²) in [5.41, 5.74) is 2.57. The fraction of sp³-hybridized carbons (Fsp3) is 0.385. The first-order valence-corrected chi connectivity index (χ1v) is 17.7. The molecule has 6 nitrogen and oxygen atoms in total. The molecule has 51 heavy (non-hydrogen) atoms. The zero-order valence-corrected chi connectivity index (χ0v) is 31.4. The first-order valence-electron chi connectivity index (χ1n) is 16.5. The monoisotopic (exact) mass is 735 g/mol. The Kier molecular flexibility index (Phi) is 21.5. The number of alkyl halides is 4. The Morgan fingerprint density at radius 1 is 1.06 bits per heavy atom. The van der Waals surface area contributed by atoms with Gasteiger partial charge in [-0.2, -0.15) is 13.2 Å². The van der Waals surface area contributed by atoms with Crippen LogP contribution in [0.3, 0.4) is 0 Å². The molecule has 0 aliphatic carbocycles. The van der Waals surface area contributed by atoms with Crippen molar-refractivity contribution < 1.29 is 36.3 Å². The summed E-state index contributed by atoms with van der Waals surface area (Å²) in [7, 11) is 2.83. The molecule has 0 bridgehead atoms. The molecule has 12 heteroatoms. The maximum absolute atomic E-state index is 14.7. The van der Waals surface area contributed by atoms with Crippen LogP contribution in [0.2, 0.25) is 0 Å². The average molecular weight is 736 g/mol. The number of nitrogens with zero attached hydrogens (tertiary/aromatic N) is 3. The highest BCUT2D eigenvalue weighted by Gasteiger charge is 2.34. The van der Waals surface area contributed by atoms with E-state index in [0.29, 0.717) is 64.7 Å². The molecule has 280 valence electrons. The lowest BCUT2D eigenvalue weighted by atomic mass is 9.98. The Labute approximate surface area is 301 Å². The number of halogens is 5. The van der Waals surface area contributed by atoms with Gasteiger partial charge in [-0.15, -0.1) is 0 Å². The van der Waals surface area contributed by atoms with Gasteiger partial charge in [0.05, 0.1) is 36.3 Å². The second-order valence-electron chi connectivity index (χ2n) is 10.9. The van der Waals surface area contributed by atoms with Gasteiger partial charge in [-0.05, 0) is 87.3 Å². The number of hydrogen-bond acceptors (Lipinski definition) is 6. The van der Waals surface area contributed by atoms with Gasteiger partial charge < -0.3 is 19.3 Å². The Hall–Kier alpha value is -3.92. The highest BCUT2D eigenvalue weighted by Crippen LogP contribution is 2.39. The second kappa shape index (κ2) is 24.3. The van der Waals surface area contributed by atoms with Gasteiger partial charge in [0, 0.05) is 42.0 Å². The van der Waals surface area contributed by atoms with Crippen molar-refractivity contribution >= 4 is 20.4 Å². The van der Waals surface area contributed by atoms with E-state index in [2.05, 4.69) is 23.1 Å². The molecule has 0 radical (unpaired) electrons. The second-order valence-corrected chi connectivity index (χ2v) is 12.0. The summed E-state index contributed by atoms with van der Waals surface area (Å²) in [6.07, 6.45) is 5.34. The Morgan fingerprint density at radius 2 is 1.73 bits per heavy atom. The van der Waals surface area contributed by atoms with Gasteiger partial charge in [0.15, 0.2) is 5.84 Å². The van der Waals surface area contributed by atoms with Crippen LogP contribution in [-0.4, -0.2) is 61.8 Å². The Morgan fingerprint density at radius 3 is 2.31 bits per heavy atom. The zero-order chi connectivity index (χ0) is 38.4. The van der Waals surface area contributed by atoms with E-state index in [1.54, 1.807) is 45.0 Å². The molecule has 0 saturated carbocycles. The molecule has 1 atom stereocenters. The van der Waals surface area contributed by atoms with Crippen LogP contribution in [-0.2, 0) is 17.2 Å². The first-order chi connectivity index (χ1) is 24.4. The lowest BCUT2D eigenvalue weighted by Gasteiger charge is -2.17. The van der Waals surface area contributed by atoms with Crippen LogP contribution in [0.25, 0.3) is 11.1 Å². The zero-order valence-electron chi connectivity index (χ0n) is 30.4. The van der Waals surface area contributed by atoms with Crippen molar-refractivity contribution in [2.75, 3.05) is 40.2 Å². The summed E-state index contributed by atoms with van der Waals surface area (Å²) in [5, 5.41) is 7.57. The van der Waals surface area contributed by atoms with Gasteiger partial charge in [0.25, 0.3) is 0 Å². The molecule has 1 N–H and O–H groups in total. The van der Waals surface area contributed by atoms with Gasteiger partial charge in [-0.1, -0.05) is 61.7 Å². The van der Waals surface area contributed by atoms with E-state index in [4.69, 9.17) is 14.4 Å². The molecule has 0 amide bonds. The molecule has 0 fully saturated rings. The summed E-state index contributed by atoms with van der Waals surface area (Å²) < 4.78 is 77.2. The van der Waals surface area contributed by atoms with Crippen molar-refractivity contribution in [1.82, 2.24) is 4.90 Å². The number of aliphatic hydroxyl groups excluding tert-OH is 1. The quantitative estimate of drug-likeness (QED) is 0.0760. The van der Waals surface area contributed by atoms with Crippen LogP contribution in [0, 0.1) is 0 Å². The molecule has 1 unspecified atom stereocenters. The molecule has 0 aromatic heterocycles. The fourth-order valence-corrected chi connectivity index (χ4v) is 5.29. The Balaban J connectivity index is 0.00000246. The lowest BCUT2D eigenvalue weighted by Crippen LogP contribution is -2.10. The fourth-order valence-electron chi connectivity index (χ4n) is 4.55. The maximum Gasteiger partial charge on any atom is 0.417 e. The van der Waals surface area contributed by atoms with Gasteiger partial charge in [0.2, 0.25) is 0 Å². The highest BCUT2D eigenvalue weighted by atomic mass is 31.1. The molecule has 1 aliphatic heterocycles. The van der Waals surface area contributed by atoms with Crippen molar-refractivity contribution in [2.45, 2.75) is 59.7 Å². The largest absolute Gasteiger partial charge is 0.494 e. The van der Waals surface area contributed by atoms with Crippen LogP contribution < -0.4 is 4.74 Å². The number of benzene rings is 2. The SMILES string of the molecule is C=C/C(C1=NC(=C)C(CC=CN(C)Cc2ccc(-c3ccc(OCCCCPOCC)cc3C(F)(F)F)cc2)=N1)=C(F)\C(C)=C/C.CCO.CF. The number of allylic oxidation sites excluding steroid dienone is 5. The Bertz CT molecular complexity index is 1550. The molecule has 1 aliphatic rings. The van der Waals surface area contributed by atoms with Crippen LogP contribution in [0.4, 0.5) is 22.0 Å². The van der Waals surface area contributed by atoms with Crippen molar-refractivity contribution in [2.24, 2.45) is 9.98 Å². The number of aliphatic imine (C=N–C) groups is 2. The standard InChI is InChI=1S/C36H42F4N3O2P.C2H6O.CH3F/c1-7-25(4)34(37)30(8-2)35-41-26(5)33(42-35)13-12-20-43(6)24-27-14-16-28(17-15-27)31-19-18-29(23-32(31)36(38,39)40)44-21-10-11-22-46-45-9-3;1-2-3;1-2/h7-8,12,14-20,23,46H,2,5,9-11,13,21-22,24H2,1,3-4,6H3;3H,2H2,1H3;1H3/b20-12?,25-7-,34-30-;;. The highest BCUT2D eigenvalue weighted by molar-refractivity contribution is 7.32. The smallest absolute Gasteiger partial charge is 0.417 e. The number of aliphatic hydroxyl groups is 1. The summed E-state index contributed by atoms with van der Waals surface area (Å²) in [6, 6.07) is 11.2. The van der Waals surface area contributed by atoms with Crippen LogP contribution in [0.5, 0.6) is 5.75 Å². The third kappa shape index (κ3) is 15.5. The van der Waals surface area contributed by atoms with Gasteiger partial charge in [-0.25, -0.2) is 14.4 Å². The molecule has 0 spiro atoms. The van der Waals surface area contributed by atoms with E-state index in [1.807, 2.05) is 43.3 Å².